The highest BCUT2D eigenvalue weighted by molar-refractivity contribution is 7.30. The molecule has 0 fully saturated rings. The molecule has 82 valence electrons. The van der Waals surface area contributed by atoms with Crippen LogP contribution in [0.25, 0.3) is 0 Å². The van der Waals surface area contributed by atoms with Crippen LogP contribution in [0.4, 0.5) is 0 Å². The van der Waals surface area contributed by atoms with E-state index in [-0.39, 0.29) is 8.31 Å². The summed E-state index contributed by atoms with van der Waals surface area (Å²) in [6, 6.07) is 24.2. The summed E-state index contributed by atoms with van der Waals surface area (Å²) in [5.41, 5.74) is 2.95. The van der Waals surface area contributed by atoms with Crippen LogP contribution < -0.4 is 0 Å². The molecule has 17 heavy (non-hydrogen) atoms. The third-order valence-corrected chi connectivity index (χ3v) is 10.0. The molecule has 0 aliphatic heterocycles. The van der Waals surface area contributed by atoms with Gasteiger partial charge in [0.1, 0.15) is 0 Å². The second kappa shape index (κ2) is 6.74. The summed E-state index contributed by atoms with van der Waals surface area (Å²) in [6.07, 6.45) is 0. The fourth-order valence-electron chi connectivity index (χ4n) is 1.84. The maximum Gasteiger partial charge on any atom is 0.0399 e. The first kappa shape index (κ1) is 12.5. The molecule has 0 saturated heterocycles. The Hall–Kier alpha value is -0.909. The summed E-state index contributed by atoms with van der Waals surface area (Å²) in [5.74, 6) is 0. The van der Waals surface area contributed by atoms with Gasteiger partial charge in [-0.3, -0.25) is 0 Å². The van der Waals surface area contributed by atoms with E-state index in [2.05, 4.69) is 70.4 Å². The van der Waals surface area contributed by atoms with Crippen LogP contribution in [0.2, 0.25) is 0 Å². The van der Waals surface area contributed by atoms with Crippen LogP contribution in [-0.2, 0) is 12.1 Å². The topological polar surface area (TPSA) is 0 Å². The Morgan fingerprint density at radius 3 is 1.53 bits per heavy atom. The number of benzene rings is 2. The number of hydrogen-bond acceptors (Lipinski definition) is 0. The molecule has 0 aliphatic rings. The van der Waals surface area contributed by atoms with Gasteiger partial charge in [0.2, 0.25) is 0 Å². The molecule has 0 heterocycles. The summed E-state index contributed by atoms with van der Waals surface area (Å²) in [4.78, 5) is 0. The molecule has 2 rings (SSSR count). The van der Waals surface area contributed by atoms with E-state index < -0.39 is 0 Å². The van der Waals surface area contributed by atoms with Gasteiger partial charge >= 0.3 is 0 Å². The van der Waals surface area contributed by atoms with Gasteiger partial charge in [-0.1, -0.05) is 71.8 Å². The van der Waals surface area contributed by atoms with Crippen LogP contribution in [0.3, 0.4) is 0 Å². The fraction of sp³-hybridized carbons (Fsp3) is 0.143. The lowest BCUT2D eigenvalue weighted by molar-refractivity contribution is 1.29. The molecule has 0 amide bonds. The van der Waals surface area contributed by atoms with Crippen LogP contribution in [0.5, 0.6) is 0 Å². The second-order valence-corrected chi connectivity index (χ2v) is 11.3. The van der Waals surface area contributed by atoms with E-state index in [1.165, 1.54) is 23.2 Å². The van der Waals surface area contributed by atoms with Crippen LogP contribution in [0, 0.1) is 0 Å². The average Bonchev–Trinajstić information content (AvgIpc) is 2.40. The zero-order valence-electron chi connectivity index (χ0n) is 9.69. The highest BCUT2D eigenvalue weighted by Crippen LogP contribution is 2.07. The maximum absolute atomic E-state index is 3.75. The van der Waals surface area contributed by atoms with E-state index in [4.69, 9.17) is 0 Å². The Balaban J connectivity index is 1.98. The summed E-state index contributed by atoms with van der Waals surface area (Å²) in [7, 11) is 4.31. The SMILES string of the molecule is [Si][Si][Si](Cc1ccccc1)Cc1ccccc1. The zero-order valence-corrected chi connectivity index (χ0v) is 12.7. The standard InChI is InChI=1S/C14H14Si3/c15-16-17(11-13-7-3-1-4-8-13)12-14-9-5-2-6-10-14/h1-10H,11-12H2. The van der Waals surface area contributed by atoms with Gasteiger partial charge in [0, 0.05) is 26.6 Å². The third-order valence-electron chi connectivity index (χ3n) is 2.70. The van der Waals surface area contributed by atoms with Gasteiger partial charge in [-0.2, -0.15) is 0 Å². The van der Waals surface area contributed by atoms with Crippen LogP contribution in [-0.4, -0.2) is 26.6 Å². The molecule has 0 saturated carbocycles. The van der Waals surface area contributed by atoms with Crippen LogP contribution in [0.15, 0.2) is 60.7 Å². The lowest BCUT2D eigenvalue weighted by Crippen LogP contribution is -2.29. The lowest BCUT2D eigenvalue weighted by Gasteiger charge is -2.12. The quantitative estimate of drug-likeness (QED) is 0.729. The van der Waals surface area contributed by atoms with Crippen molar-refractivity contribution in [3.8, 4) is 0 Å². The monoisotopic (exact) mass is 266 g/mol. The van der Waals surface area contributed by atoms with Gasteiger partial charge in [0.25, 0.3) is 0 Å². The molecule has 2 aromatic rings. The molecule has 0 bridgehead atoms. The molecule has 0 atom stereocenters. The summed E-state index contributed by atoms with van der Waals surface area (Å²) >= 11 is 0. The van der Waals surface area contributed by atoms with Crippen molar-refractivity contribution >= 4 is 26.6 Å². The van der Waals surface area contributed by atoms with Crippen molar-refractivity contribution in [3.63, 3.8) is 0 Å². The Morgan fingerprint density at radius 1 is 0.765 bits per heavy atom. The van der Waals surface area contributed by atoms with E-state index in [0.717, 1.165) is 8.55 Å². The molecule has 0 nitrogen and oxygen atoms in total. The van der Waals surface area contributed by atoms with Gasteiger partial charge in [-0.15, -0.1) is 0 Å². The van der Waals surface area contributed by atoms with Crippen LogP contribution >= 0.6 is 0 Å². The molecule has 6 radical (unpaired) electrons. The summed E-state index contributed by atoms with van der Waals surface area (Å²) in [6.45, 7) is 0. The molecular weight excluding hydrogens is 252 g/mol. The van der Waals surface area contributed by atoms with Crippen LogP contribution in [0.1, 0.15) is 11.1 Å². The van der Waals surface area contributed by atoms with Gasteiger partial charge < -0.3 is 0 Å². The minimum Gasteiger partial charge on any atom is -0.0622 e. The third kappa shape index (κ3) is 4.11. The van der Waals surface area contributed by atoms with Crippen molar-refractivity contribution in [1.82, 2.24) is 0 Å². The zero-order chi connectivity index (χ0) is 11.9. The first-order valence-corrected chi connectivity index (χ1v) is 11.1. The van der Waals surface area contributed by atoms with Gasteiger partial charge in [0.05, 0.1) is 0 Å². The highest BCUT2D eigenvalue weighted by atomic mass is 29.5. The van der Waals surface area contributed by atoms with E-state index in [9.17, 15) is 0 Å². The Morgan fingerprint density at radius 2 is 1.18 bits per heavy atom. The first-order valence-electron chi connectivity index (χ1n) is 5.74. The van der Waals surface area contributed by atoms with Crippen molar-refractivity contribution in [2.75, 3.05) is 0 Å². The molecule has 0 N–H and O–H groups in total. The number of hydrogen-bond donors (Lipinski definition) is 0. The maximum atomic E-state index is 3.75. The lowest BCUT2D eigenvalue weighted by atomic mass is 10.2. The van der Waals surface area contributed by atoms with E-state index in [0.29, 0.717) is 0 Å². The average molecular weight is 267 g/mol. The fourth-order valence-corrected chi connectivity index (χ4v) is 6.94. The number of rotatable bonds is 5. The molecule has 0 aromatic heterocycles. The smallest absolute Gasteiger partial charge is 0.0399 e. The molecular formula is C14H14Si3. The summed E-state index contributed by atoms with van der Waals surface area (Å²) < 4.78 is 0. The van der Waals surface area contributed by atoms with E-state index in [1.54, 1.807) is 0 Å². The van der Waals surface area contributed by atoms with E-state index in [1.807, 2.05) is 0 Å². The molecule has 0 unspecified atom stereocenters. The largest absolute Gasteiger partial charge is 0.0622 e. The highest BCUT2D eigenvalue weighted by Gasteiger charge is 2.10. The Bertz CT molecular complexity index is 386. The molecule has 0 spiro atoms. The van der Waals surface area contributed by atoms with E-state index >= 15 is 0 Å². The van der Waals surface area contributed by atoms with Crippen molar-refractivity contribution in [1.29, 1.82) is 0 Å². The Labute approximate surface area is 111 Å². The molecule has 2 aromatic carbocycles. The van der Waals surface area contributed by atoms with Crippen molar-refractivity contribution in [2.24, 2.45) is 0 Å². The Kier molecular flexibility index (Phi) is 4.97. The first-order chi connectivity index (χ1) is 8.38. The summed E-state index contributed by atoms with van der Waals surface area (Å²) in [5, 5.41) is 0. The predicted octanol–water partition coefficient (Wildman–Crippen LogP) is 2.33. The predicted molar refractivity (Wildman–Crippen MR) is 77.6 cm³/mol. The minimum atomic E-state index is -0.347. The van der Waals surface area contributed by atoms with Gasteiger partial charge in [-0.05, 0) is 12.1 Å². The molecule has 3 heteroatoms. The van der Waals surface area contributed by atoms with Crippen molar-refractivity contribution < 1.29 is 0 Å². The van der Waals surface area contributed by atoms with Gasteiger partial charge in [-0.25, -0.2) is 0 Å². The molecule has 0 aliphatic carbocycles. The minimum absolute atomic E-state index is 0.347. The van der Waals surface area contributed by atoms with Crippen molar-refractivity contribution in [3.05, 3.63) is 71.8 Å². The van der Waals surface area contributed by atoms with Gasteiger partial charge in [0.15, 0.2) is 0 Å². The second-order valence-electron chi connectivity index (χ2n) is 4.05. The normalized spacial score (nSPS) is 10.7. The van der Waals surface area contributed by atoms with Crippen molar-refractivity contribution in [2.45, 2.75) is 12.1 Å².